The Kier molecular flexibility index (Phi) is 5.55. The van der Waals surface area contributed by atoms with E-state index in [9.17, 15) is 9.90 Å². The molecule has 3 N–H and O–H groups in total. The van der Waals surface area contributed by atoms with Crippen LogP contribution in [0.2, 0.25) is 0 Å². The van der Waals surface area contributed by atoms with E-state index in [2.05, 4.69) is 20.2 Å². The van der Waals surface area contributed by atoms with Crippen LogP contribution >= 0.6 is 0 Å². The number of piperidine rings is 1. The number of hydrogen-bond acceptors (Lipinski definition) is 4. The van der Waals surface area contributed by atoms with Crippen LogP contribution in [0.25, 0.3) is 0 Å². The summed E-state index contributed by atoms with van der Waals surface area (Å²) in [6.07, 6.45) is 4.91. The zero-order valence-corrected chi connectivity index (χ0v) is 12.1. The minimum absolute atomic E-state index is 0.0914. The molecular weight excluding hydrogens is 256 g/mol. The number of hydrogen-bond donors (Lipinski definition) is 3. The van der Waals surface area contributed by atoms with Crippen LogP contribution in [0.1, 0.15) is 42.5 Å². The highest BCUT2D eigenvalue weighted by Gasteiger charge is 2.16. The van der Waals surface area contributed by atoms with E-state index in [4.69, 9.17) is 0 Å². The van der Waals surface area contributed by atoms with Crippen molar-refractivity contribution in [3.05, 3.63) is 17.7 Å². The Hall–Kier alpha value is -1.40. The molecule has 0 aliphatic carbocycles. The van der Waals surface area contributed by atoms with Crippen molar-refractivity contribution in [3.8, 4) is 0 Å². The molecule has 1 saturated heterocycles. The summed E-state index contributed by atoms with van der Waals surface area (Å²) in [4.78, 5) is 21.3. The lowest BCUT2D eigenvalue weighted by Crippen LogP contribution is -2.37. The van der Waals surface area contributed by atoms with Crippen molar-refractivity contribution in [2.75, 3.05) is 26.2 Å². The number of nitrogens with one attached hydrogen (secondary N) is 2. The van der Waals surface area contributed by atoms with Gasteiger partial charge in [-0.25, -0.2) is 4.98 Å². The van der Waals surface area contributed by atoms with E-state index in [1.54, 1.807) is 6.20 Å². The molecule has 20 heavy (non-hydrogen) atoms. The Labute approximate surface area is 119 Å². The van der Waals surface area contributed by atoms with E-state index in [0.717, 1.165) is 51.1 Å². The SMILES string of the molecule is CCc1ncc(C(=O)NCCCN2CCC(O)CC2)[nH]1. The van der Waals surface area contributed by atoms with E-state index in [-0.39, 0.29) is 12.0 Å². The summed E-state index contributed by atoms with van der Waals surface area (Å²) in [7, 11) is 0. The number of carbonyl (C=O) groups excluding carboxylic acids is 1. The molecule has 0 unspecified atom stereocenters. The molecule has 0 saturated carbocycles. The summed E-state index contributed by atoms with van der Waals surface area (Å²) < 4.78 is 0. The van der Waals surface area contributed by atoms with Crippen LogP contribution in [-0.4, -0.2) is 58.2 Å². The number of aromatic nitrogens is 2. The molecule has 0 aromatic carbocycles. The number of aliphatic hydroxyl groups is 1. The number of H-pyrrole nitrogens is 1. The van der Waals surface area contributed by atoms with Gasteiger partial charge in [-0.2, -0.15) is 0 Å². The fraction of sp³-hybridized carbons (Fsp3) is 0.714. The number of aromatic amines is 1. The molecular formula is C14H24N4O2. The van der Waals surface area contributed by atoms with Crippen LogP contribution in [0.4, 0.5) is 0 Å². The van der Waals surface area contributed by atoms with Gasteiger partial charge in [-0.15, -0.1) is 0 Å². The Balaban J connectivity index is 1.62. The van der Waals surface area contributed by atoms with Crippen LogP contribution in [0, 0.1) is 0 Å². The summed E-state index contributed by atoms with van der Waals surface area (Å²) in [6.45, 7) is 5.54. The number of carbonyl (C=O) groups is 1. The number of rotatable bonds is 6. The highest BCUT2D eigenvalue weighted by atomic mass is 16.3. The first-order chi connectivity index (χ1) is 9.69. The second kappa shape index (κ2) is 7.40. The van der Waals surface area contributed by atoms with Gasteiger partial charge < -0.3 is 20.3 Å². The first kappa shape index (κ1) is 15.0. The predicted octanol–water partition coefficient (Wildman–Crippen LogP) is 0.549. The third-order valence-electron chi connectivity index (χ3n) is 3.70. The topological polar surface area (TPSA) is 81.2 Å². The van der Waals surface area contributed by atoms with Crippen molar-refractivity contribution in [1.82, 2.24) is 20.2 Å². The van der Waals surface area contributed by atoms with Crippen LogP contribution in [-0.2, 0) is 6.42 Å². The van der Waals surface area contributed by atoms with E-state index in [0.29, 0.717) is 12.2 Å². The maximum absolute atomic E-state index is 11.8. The summed E-state index contributed by atoms with van der Waals surface area (Å²) in [5.74, 6) is 0.744. The van der Waals surface area contributed by atoms with E-state index in [1.807, 2.05) is 6.92 Å². The molecule has 1 amide bonds. The molecule has 1 fully saturated rings. The fourth-order valence-electron chi connectivity index (χ4n) is 2.40. The van der Waals surface area contributed by atoms with Gasteiger partial charge in [0.1, 0.15) is 11.5 Å². The van der Waals surface area contributed by atoms with Gasteiger partial charge in [-0.05, 0) is 25.8 Å². The largest absolute Gasteiger partial charge is 0.393 e. The molecule has 112 valence electrons. The molecule has 0 spiro atoms. The molecule has 2 heterocycles. The first-order valence-electron chi connectivity index (χ1n) is 7.41. The Bertz CT molecular complexity index is 425. The maximum atomic E-state index is 11.8. The Morgan fingerprint density at radius 2 is 2.30 bits per heavy atom. The number of likely N-dealkylation sites (tertiary alicyclic amines) is 1. The minimum atomic E-state index is -0.126. The molecule has 0 radical (unpaired) electrons. The van der Waals surface area contributed by atoms with Crippen molar-refractivity contribution in [2.45, 2.75) is 38.7 Å². The van der Waals surface area contributed by atoms with Crippen LogP contribution < -0.4 is 5.32 Å². The van der Waals surface area contributed by atoms with E-state index >= 15 is 0 Å². The van der Waals surface area contributed by atoms with Gasteiger partial charge in [0.15, 0.2) is 0 Å². The zero-order chi connectivity index (χ0) is 14.4. The second-order valence-electron chi connectivity index (χ2n) is 5.28. The fourth-order valence-corrected chi connectivity index (χ4v) is 2.40. The molecule has 6 nitrogen and oxygen atoms in total. The molecule has 2 rings (SSSR count). The van der Waals surface area contributed by atoms with Gasteiger partial charge >= 0.3 is 0 Å². The summed E-state index contributed by atoms with van der Waals surface area (Å²) in [6, 6.07) is 0. The Morgan fingerprint density at radius 3 is 2.95 bits per heavy atom. The van der Waals surface area contributed by atoms with Gasteiger partial charge in [0, 0.05) is 26.1 Å². The van der Waals surface area contributed by atoms with Crippen molar-refractivity contribution in [1.29, 1.82) is 0 Å². The number of imidazole rings is 1. The average molecular weight is 280 g/mol. The molecule has 1 aliphatic heterocycles. The van der Waals surface area contributed by atoms with Gasteiger partial charge in [-0.3, -0.25) is 4.79 Å². The monoisotopic (exact) mass is 280 g/mol. The smallest absolute Gasteiger partial charge is 0.269 e. The molecule has 0 atom stereocenters. The number of aliphatic hydroxyl groups excluding tert-OH is 1. The van der Waals surface area contributed by atoms with Crippen molar-refractivity contribution >= 4 is 5.91 Å². The van der Waals surface area contributed by atoms with Crippen LogP contribution in [0.5, 0.6) is 0 Å². The minimum Gasteiger partial charge on any atom is -0.393 e. The molecule has 1 aliphatic rings. The molecule has 1 aromatic rings. The third kappa shape index (κ3) is 4.31. The van der Waals surface area contributed by atoms with Crippen molar-refractivity contribution < 1.29 is 9.90 Å². The molecule has 1 aromatic heterocycles. The first-order valence-corrected chi connectivity index (χ1v) is 7.41. The number of nitrogens with zero attached hydrogens (tertiary/aromatic N) is 2. The molecule has 0 bridgehead atoms. The highest BCUT2D eigenvalue weighted by molar-refractivity contribution is 5.92. The normalized spacial score (nSPS) is 17.3. The maximum Gasteiger partial charge on any atom is 0.269 e. The summed E-state index contributed by atoms with van der Waals surface area (Å²) in [5.41, 5.74) is 0.531. The van der Waals surface area contributed by atoms with Gasteiger partial charge in [0.05, 0.1) is 12.3 Å². The summed E-state index contributed by atoms with van der Waals surface area (Å²) in [5, 5.41) is 12.3. The predicted molar refractivity (Wildman–Crippen MR) is 76.6 cm³/mol. The lowest BCUT2D eigenvalue weighted by atomic mass is 10.1. The standard InChI is InChI=1S/C14H24N4O2/c1-2-13-16-10-12(17-13)14(20)15-6-3-7-18-8-4-11(19)5-9-18/h10-11,19H,2-9H2,1H3,(H,15,20)(H,16,17). The van der Waals surface area contributed by atoms with Crippen molar-refractivity contribution in [3.63, 3.8) is 0 Å². The lowest BCUT2D eigenvalue weighted by Gasteiger charge is -2.29. The number of aryl methyl sites for hydroxylation is 1. The average Bonchev–Trinajstić information content (AvgIpc) is 2.94. The zero-order valence-electron chi connectivity index (χ0n) is 12.1. The van der Waals surface area contributed by atoms with Gasteiger partial charge in [0.2, 0.25) is 0 Å². The van der Waals surface area contributed by atoms with Gasteiger partial charge in [-0.1, -0.05) is 6.92 Å². The van der Waals surface area contributed by atoms with Crippen molar-refractivity contribution in [2.24, 2.45) is 0 Å². The second-order valence-corrected chi connectivity index (χ2v) is 5.28. The van der Waals surface area contributed by atoms with E-state index < -0.39 is 0 Å². The van der Waals surface area contributed by atoms with Crippen LogP contribution in [0.3, 0.4) is 0 Å². The lowest BCUT2D eigenvalue weighted by molar-refractivity contribution is 0.0816. The van der Waals surface area contributed by atoms with Gasteiger partial charge in [0.25, 0.3) is 5.91 Å². The van der Waals surface area contributed by atoms with E-state index in [1.165, 1.54) is 0 Å². The van der Waals surface area contributed by atoms with Crippen LogP contribution in [0.15, 0.2) is 6.20 Å². The quantitative estimate of drug-likeness (QED) is 0.665. The Morgan fingerprint density at radius 1 is 1.55 bits per heavy atom. The number of amides is 1. The molecule has 6 heteroatoms. The highest BCUT2D eigenvalue weighted by Crippen LogP contribution is 2.09. The summed E-state index contributed by atoms with van der Waals surface area (Å²) >= 11 is 0. The third-order valence-corrected chi connectivity index (χ3v) is 3.70.